The van der Waals surface area contributed by atoms with Gasteiger partial charge in [-0.3, -0.25) is 4.90 Å². The Kier molecular flexibility index (Phi) is 5.30. The van der Waals surface area contributed by atoms with Crippen LogP contribution < -0.4 is 4.90 Å². The van der Waals surface area contributed by atoms with Gasteiger partial charge in [0.2, 0.25) is 0 Å². The van der Waals surface area contributed by atoms with Gasteiger partial charge < -0.3 is 10.0 Å². The van der Waals surface area contributed by atoms with E-state index in [1.54, 1.807) is 11.3 Å². The number of anilines is 1. The Morgan fingerprint density at radius 1 is 1.35 bits per heavy atom. The zero-order valence-corrected chi connectivity index (χ0v) is 14.7. The van der Waals surface area contributed by atoms with Crippen molar-refractivity contribution in [2.45, 2.75) is 26.3 Å². The monoisotopic (exact) mass is 331 g/mol. The van der Waals surface area contributed by atoms with E-state index < -0.39 is 0 Å². The molecule has 1 aromatic heterocycles. The van der Waals surface area contributed by atoms with Crippen molar-refractivity contribution in [1.82, 2.24) is 9.88 Å². The molecule has 1 atom stereocenters. The molecule has 1 N–H and O–H groups in total. The topological polar surface area (TPSA) is 39.6 Å². The first-order valence-electron chi connectivity index (χ1n) is 8.26. The van der Waals surface area contributed by atoms with E-state index in [0.717, 1.165) is 43.2 Å². The van der Waals surface area contributed by atoms with Gasteiger partial charge in [-0.15, -0.1) is 0 Å². The fraction of sp³-hybridized carbons (Fsp3) is 0.500. The van der Waals surface area contributed by atoms with Gasteiger partial charge in [0.05, 0.1) is 10.2 Å². The Labute approximate surface area is 142 Å². The number of para-hydroxylation sites is 1. The second-order valence-corrected chi connectivity index (χ2v) is 7.36. The number of hydrogen-bond donors (Lipinski definition) is 1. The zero-order chi connectivity index (χ0) is 16.2. The van der Waals surface area contributed by atoms with Gasteiger partial charge in [0, 0.05) is 38.8 Å². The number of allylic oxidation sites excluding steroid dienone is 1. The summed E-state index contributed by atoms with van der Waals surface area (Å²) < 4.78 is 1.24. The Hall–Kier alpha value is -1.43. The third-order valence-electron chi connectivity index (χ3n) is 4.35. The Morgan fingerprint density at radius 2 is 2.17 bits per heavy atom. The minimum absolute atomic E-state index is 0.240. The summed E-state index contributed by atoms with van der Waals surface area (Å²) in [4.78, 5) is 9.64. The second kappa shape index (κ2) is 7.43. The predicted molar refractivity (Wildman–Crippen MR) is 98.3 cm³/mol. The maximum Gasteiger partial charge on any atom is 0.186 e. The largest absolute Gasteiger partial charge is 0.396 e. The molecule has 1 fully saturated rings. The average molecular weight is 331 g/mol. The molecule has 0 radical (unpaired) electrons. The van der Waals surface area contributed by atoms with Gasteiger partial charge in [0.1, 0.15) is 0 Å². The molecule has 0 bridgehead atoms. The van der Waals surface area contributed by atoms with Crippen molar-refractivity contribution in [3.8, 4) is 0 Å². The fourth-order valence-corrected chi connectivity index (χ4v) is 4.03. The lowest BCUT2D eigenvalue weighted by atomic mass is 10.1. The molecule has 1 aliphatic heterocycles. The van der Waals surface area contributed by atoms with Crippen molar-refractivity contribution >= 4 is 26.7 Å². The number of rotatable bonds is 5. The number of fused-ring (bicyclic) bond motifs is 1. The summed E-state index contributed by atoms with van der Waals surface area (Å²) in [5.41, 5.74) is 2.43. The predicted octanol–water partition coefficient (Wildman–Crippen LogP) is 3.14. The molecular weight excluding hydrogens is 306 g/mol. The van der Waals surface area contributed by atoms with E-state index >= 15 is 0 Å². The van der Waals surface area contributed by atoms with Crippen LogP contribution in [0, 0.1) is 0 Å². The minimum Gasteiger partial charge on any atom is -0.396 e. The smallest absolute Gasteiger partial charge is 0.186 e. The number of benzene rings is 1. The maximum atomic E-state index is 9.41. The molecule has 5 heteroatoms. The molecule has 2 heterocycles. The van der Waals surface area contributed by atoms with Crippen molar-refractivity contribution in [3.63, 3.8) is 0 Å². The lowest BCUT2D eigenvalue weighted by Crippen LogP contribution is -2.53. The highest BCUT2D eigenvalue weighted by Crippen LogP contribution is 2.30. The minimum atomic E-state index is 0.240. The number of aliphatic hydroxyl groups is 1. The van der Waals surface area contributed by atoms with Crippen LogP contribution >= 0.6 is 11.3 Å². The molecule has 1 aliphatic rings. The molecule has 3 rings (SSSR count). The van der Waals surface area contributed by atoms with Crippen LogP contribution in [0.2, 0.25) is 0 Å². The summed E-state index contributed by atoms with van der Waals surface area (Å²) in [5, 5.41) is 10.5. The highest BCUT2D eigenvalue weighted by molar-refractivity contribution is 7.22. The molecule has 0 saturated carbocycles. The van der Waals surface area contributed by atoms with Crippen molar-refractivity contribution in [3.05, 3.63) is 35.9 Å². The average Bonchev–Trinajstić information content (AvgIpc) is 2.98. The highest BCUT2D eigenvalue weighted by atomic mass is 32.1. The summed E-state index contributed by atoms with van der Waals surface area (Å²) in [6, 6.07) is 8.70. The molecule has 0 spiro atoms. The highest BCUT2D eigenvalue weighted by Gasteiger charge is 2.27. The van der Waals surface area contributed by atoms with Crippen LogP contribution in [-0.4, -0.2) is 53.8 Å². The van der Waals surface area contributed by atoms with E-state index in [1.165, 1.54) is 10.3 Å². The summed E-state index contributed by atoms with van der Waals surface area (Å²) in [6.45, 7) is 8.45. The zero-order valence-electron chi connectivity index (χ0n) is 13.9. The number of aromatic nitrogens is 1. The van der Waals surface area contributed by atoms with E-state index in [4.69, 9.17) is 4.98 Å². The van der Waals surface area contributed by atoms with Gasteiger partial charge in [-0.2, -0.15) is 0 Å². The number of nitrogens with zero attached hydrogens (tertiary/aromatic N) is 3. The number of hydrogen-bond acceptors (Lipinski definition) is 5. The Bertz CT molecular complexity index is 645. The van der Waals surface area contributed by atoms with Gasteiger partial charge in [-0.05, 0) is 32.4 Å². The van der Waals surface area contributed by atoms with Crippen LogP contribution in [0.4, 0.5) is 5.13 Å². The molecule has 4 nitrogen and oxygen atoms in total. The Morgan fingerprint density at radius 3 is 2.91 bits per heavy atom. The lowest BCUT2D eigenvalue weighted by molar-refractivity contribution is 0.155. The first kappa shape index (κ1) is 16.4. The van der Waals surface area contributed by atoms with Gasteiger partial charge in [-0.25, -0.2) is 4.98 Å². The van der Waals surface area contributed by atoms with Crippen molar-refractivity contribution < 1.29 is 5.11 Å². The van der Waals surface area contributed by atoms with Crippen molar-refractivity contribution in [2.75, 3.05) is 37.7 Å². The summed E-state index contributed by atoms with van der Waals surface area (Å²) in [7, 11) is 0. The molecule has 23 heavy (non-hydrogen) atoms. The summed E-state index contributed by atoms with van der Waals surface area (Å²) in [6.07, 6.45) is 3.09. The van der Waals surface area contributed by atoms with E-state index in [1.807, 2.05) is 6.07 Å². The maximum absolute atomic E-state index is 9.41. The van der Waals surface area contributed by atoms with E-state index in [0.29, 0.717) is 6.04 Å². The van der Waals surface area contributed by atoms with Crippen LogP contribution in [0.5, 0.6) is 0 Å². The Balaban J connectivity index is 1.74. The van der Waals surface area contributed by atoms with Crippen LogP contribution in [0.15, 0.2) is 35.9 Å². The standard InChI is InChI=1S/C18H25N3OS/c1-14(2)7-9-20-10-11-21(13-15(20)8-12-22)18-19-16-5-3-4-6-17(16)23-18/h3-7,15,22H,8-13H2,1-2H3. The van der Waals surface area contributed by atoms with Crippen LogP contribution in [0.25, 0.3) is 10.2 Å². The molecular formula is C18H25N3OS. The van der Waals surface area contributed by atoms with E-state index in [-0.39, 0.29) is 6.61 Å². The molecule has 0 aliphatic carbocycles. The second-order valence-electron chi connectivity index (χ2n) is 6.35. The number of thiazole rings is 1. The van der Waals surface area contributed by atoms with Crippen molar-refractivity contribution in [2.24, 2.45) is 0 Å². The van der Waals surface area contributed by atoms with Crippen LogP contribution in [-0.2, 0) is 0 Å². The quantitative estimate of drug-likeness (QED) is 0.855. The fourth-order valence-electron chi connectivity index (χ4n) is 3.02. The third-order valence-corrected chi connectivity index (χ3v) is 5.45. The number of piperazine rings is 1. The molecule has 2 aromatic rings. The van der Waals surface area contributed by atoms with Gasteiger partial charge in [0.15, 0.2) is 5.13 Å². The molecule has 0 amide bonds. The number of aliphatic hydroxyl groups excluding tert-OH is 1. The summed E-state index contributed by atoms with van der Waals surface area (Å²) >= 11 is 1.77. The van der Waals surface area contributed by atoms with E-state index in [9.17, 15) is 5.11 Å². The van der Waals surface area contributed by atoms with Gasteiger partial charge in [-0.1, -0.05) is 35.1 Å². The molecule has 124 valence electrons. The first-order chi connectivity index (χ1) is 11.2. The van der Waals surface area contributed by atoms with Crippen LogP contribution in [0.1, 0.15) is 20.3 Å². The third kappa shape index (κ3) is 3.91. The lowest BCUT2D eigenvalue weighted by Gasteiger charge is -2.41. The van der Waals surface area contributed by atoms with Crippen LogP contribution in [0.3, 0.4) is 0 Å². The normalized spacial score (nSPS) is 19.3. The summed E-state index contributed by atoms with van der Waals surface area (Å²) in [5.74, 6) is 0. The first-order valence-corrected chi connectivity index (χ1v) is 9.08. The SMILES string of the molecule is CC(C)=CCN1CCN(c2nc3ccccc3s2)CC1CCO. The van der Waals surface area contributed by atoms with Crippen molar-refractivity contribution in [1.29, 1.82) is 0 Å². The molecule has 1 aromatic carbocycles. The molecule has 1 unspecified atom stereocenters. The molecule has 1 saturated heterocycles. The van der Waals surface area contributed by atoms with Gasteiger partial charge >= 0.3 is 0 Å². The van der Waals surface area contributed by atoms with Gasteiger partial charge in [0.25, 0.3) is 0 Å². The van der Waals surface area contributed by atoms with E-state index in [2.05, 4.69) is 47.9 Å².